The number of rotatable bonds is 4. The molecule has 1 atom stereocenters. The molecule has 0 radical (unpaired) electrons. The van der Waals surface area contributed by atoms with E-state index in [1.54, 1.807) is 0 Å². The van der Waals surface area contributed by atoms with E-state index in [9.17, 15) is 49.9 Å². The third kappa shape index (κ3) is 5.35. The van der Waals surface area contributed by atoms with Crippen LogP contribution in [0.4, 0.5) is 41.2 Å². The van der Waals surface area contributed by atoms with Gasteiger partial charge in [-0.2, -0.15) is 26.3 Å². The molecule has 206 valence electrons. The molecular weight excluding hydrogens is 545 g/mol. The largest absolute Gasteiger partial charge is 0.420 e. The fourth-order valence-corrected chi connectivity index (χ4v) is 3.78. The van der Waals surface area contributed by atoms with Crippen molar-refractivity contribution in [1.29, 1.82) is 0 Å². The topological polar surface area (TPSA) is 103 Å². The molecule has 1 fully saturated rings. The molecular formula is C23H15F7N4O5. The average Bonchev–Trinajstić information content (AvgIpc) is 3.37. The summed E-state index contributed by atoms with van der Waals surface area (Å²) in [6.07, 6.45) is -11.2. The number of nitrogens with one attached hydrogen (secondary N) is 1. The van der Waals surface area contributed by atoms with Gasteiger partial charge in [0, 0.05) is 25.1 Å². The van der Waals surface area contributed by atoms with Crippen LogP contribution in [0.2, 0.25) is 0 Å². The summed E-state index contributed by atoms with van der Waals surface area (Å²) in [6, 6.07) is 2.54. The minimum atomic E-state index is -5.50. The first kappa shape index (κ1) is 27.4. The number of ether oxygens (including phenoxy) is 1. The molecule has 1 aliphatic rings. The van der Waals surface area contributed by atoms with Crippen LogP contribution in [-0.4, -0.2) is 34.1 Å². The Morgan fingerprint density at radius 2 is 1.64 bits per heavy atom. The summed E-state index contributed by atoms with van der Waals surface area (Å²) in [4.78, 5) is 50.0. The second-order valence-corrected chi connectivity index (χ2v) is 8.26. The lowest BCUT2D eigenvalue weighted by Crippen LogP contribution is -2.33. The number of amides is 3. The zero-order valence-electron chi connectivity index (χ0n) is 19.4. The molecule has 1 aliphatic heterocycles. The van der Waals surface area contributed by atoms with Crippen molar-refractivity contribution in [3.05, 3.63) is 76.2 Å². The molecule has 1 N–H and O–H groups in total. The van der Waals surface area contributed by atoms with Gasteiger partial charge in [0.2, 0.25) is 11.8 Å². The number of carbonyl (C=O) groups is 3. The van der Waals surface area contributed by atoms with Crippen molar-refractivity contribution in [2.75, 3.05) is 11.9 Å². The first-order valence-corrected chi connectivity index (χ1v) is 10.7. The monoisotopic (exact) mass is 560 g/mol. The summed E-state index contributed by atoms with van der Waals surface area (Å²) in [7, 11) is 1.05. The number of carbonyl (C=O) groups excluding carboxylic acids is 3. The molecule has 2 heterocycles. The Labute approximate surface area is 213 Å². The van der Waals surface area contributed by atoms with Gasteiger partial charge in [-0.15, -0.1) is 0 Å². The van der Waals surface area contributed by atoms with Gasteiger partial charge in [-0.3, -0.25) is 28.9 Å². The molecule has 0 spiro atoms. The smallest absolute Gasteiger partial charge is 0.407 e. The van der Waals surface area contributed by atoms with Crippen LogP contribution in [0.25, 0.3) is 5.69 Å². The number of hydrogen-bond donors (Lipinski definition) is 1. The fraction of sp³-hybridized carbons (Fsp3) is 0.217. The van der Waals surface area contributed by atoms with Gasteiger partial charge in [0.1, 0.15) is 17.4 Å². The molecule has 3 aromatic rings. The predicted octanol–water partition coefficient (Wildman–Crippen LogP) is 4.04. The molecule has 2 aromatic carbocycles. The van der Waals surface area contributed by atoms with Crippen LogP contribution in [0.3, 0.4) is 0 Å². The second-order valence-electron chi connectivity index (χ2n) is 8.26. The Morgan fingerprint density at radius 3 is 2.18 bits per heavy atom. The minimum Gasteiger partial charge on any atom is -0.407 e. The van der Waals surface area contributed by atoms with Crippen molar-refractivity contribution < 1.29 is 49.9 Å². The number of imide groups is 1. The molecule has 1 unspecified atom stereocenters. The van der Waals surface area contributed by atoms with Crippen LogP contribution < -0.4 is 20.6 Å². The van der Waals surface area contributed by atoms with Gasteiger partial charge >= 0.3 is 24.1 Å². The van der Waals surface area contributed by atoms with Gasteiger partial charge in [-0.05, 0) is 36.4 Å². The van der Waals surface area contributed by atoms with E-state index in [0.717, 1.165) is 43.7 Å². The Morgan fingerprint density at radius 1 is 1.00 bits per heavy atom. The minimum absolute atomic E-state index is 0.0383. The number of nitrogens with zero attached hydrogens (tertiary/aromatic N) is 3. The highest BCUT2D eigenvalue weighted by molar-refractivity contribution is 6.04. The van der Waals surface area contributed by atoms with Crippen molar-refractivity contribution in [2.24, 2.45) is 0 Å². The van der Waals surface area contributed by atoms with E-state index in [1.165, 1.54) is 0 Å². The van der Waals surface area contributed by atoms with E-state index in [2.05, 4.69) is 0 Å². The highest BCUT2D eigenvalue weighted by Crippen LogP contribution is 2.44. The molecule has 3 amide bonds. The maximum absolute atomic E-state index is 14.0. The lowest BCUT2D eigenvalue weighted by Gasteiger charge is -2.22. The number of benzene rings is 2. The number of alkyl halides is 6. The van der Waals surface area contributed by atoms with E-state index in [-0.39, 0.29) is 17.8 Å². The highest BCUT2D eigenvalue weighted by atomic mass is 19.4. The molecule has 9 nitrogen and oxygen atoms in total. The van der Waals surface area contributed by atoms with Crippen LogP contribution in [0.15, 0.2) is 53.6 Å². The third-order valence-corrected chi connectivity index (χ3v) is 5.72. The highest BCUT2D eigenvalue weighted by Gasteiger charge is 2.42. The summed E-state index contributed by atoms with van der Waals surface area (Å²) in [5, 5.41) is 1.93. The number of hydrogen-bond acceptors (Lipinski definition) is 5. The van der Waals surface area contributed by atoms with Crippen LogP contribution in [0.1, 0.15) is 23.6 Å². The first-order chi connectivity index (χ1) is 18.1. The summed E-state index contributed by atoms with van der Waals surface area (Å²) in [6.45, 7) is 0. The van der Waals surface area contributed by atoms with Crippen molar-refractivity contribution >= 4 is 23.6 Å². The van der Waals surface area contributed by atoms with Crippen molar-refractivity contribution in [3.8, 4) is 11.4 Å². The zero-order chi connectivity index (χ0) is 28.9. The number of imidazole rings is 1. The van der Waals surface area contributed by atoms with Gasteiger partial charge in [0.05, 0.1) is 17.7 Å². The van der Waals surface area contributed by atoms with Crippen LogP contribution in [-0.2, 0) is 21.9 Å². The van der Waals surface area contributed by atoms with Gasteiger partial charge in [-0.1, -0.05) is 0 Å². The number of halogens is 7. The molecule has 1 saturated heterocycles. The van der Waals surface area contributed by atoms with Crippen LogP contribution >= 0.6 is 0 Å². The van der Waals surface area contributed by atoms with E-state index in [0.29, 0.717) is 14.0 Å². The third-order valence-electron chi connectivity index (χ3n) is 5.72. The van der Waals surface area contributed by atoms with E-state index >= 15 is 0 Å². The Bertz CT molecular complexity index is 1520. The number of anilines is 1. The molecule has 1 aromatic heterocycles. The SMILES string of the molecule is CN(C(=O)Oc1c(-n2ccn(C3CC(=O)NC3=O)c2=O)cc(C(F)(F)F)cc1C(F)(F)F)c1ccc(F)cc1. The fourth-order valence-electron chi connectivity index (χ4n) is 3.78. The molecule has 0 aliphatic carbocycles. The van der Waals surface area contributed by atoms with Gasteiger partial charge in [-0.25, -0.2) is 14.0 Å². The Balaban J connectivity index is 1.89. The molecule has 0 bridgehead atoms. The van der Waals surface area contributed by atoms with E-state index < -0.39 is 76.8 Å². The molecule has 0 saturated carbocycles. The van der Waals surface area contributed by atoms with E-state index in [1.807, 2.05) is 5.32 Å². The molecule has 39 heavy (non-hydrogen) atoms. The van der Waals surface area contributed by atoms with Gasteiger partial charge in [0.15, 0.2) is 5.75 Å². The van der Waals surface area contributed by atoms with Crippen molar-refractivity contribution in [2.45, 2.75) is 24.8 Å². The summed E-state index contributed by atoms with van der Waals surface area (Å²) in [5.41, 5.74) is -6.29. The summed E-state index contributed by atoms with van der Waals surface area (Å²) >= 11 is 0. The lowest BCUT2D eigenvalue weighted by molar-refractivity contribution is -0.143. The summed E-state index contributed by atoms with van der Waals surface area (Å²) < 4.78 is 102. The summed E-state index contributed by atoms with van der Waals surface area (Å²) in [5.74, 6) is -3.79. The standard InChI is InChI=1S/C23H15F7N4O5/c1-32(13-4-2-12(24)3-5-13)21(38)39-18-14(23(28,29)30)8-11(22(25,26)27)9-15(18)33-6-7-34(20(33)37)16-10-17(35)31-19(16)36/h2-9,16H,10H2,1H3,(H,31,35,36). The first-order valence-electron chi connectivity index (χ1n) is 10.7. The van der Waals surface area contributed by atoms with Crippen molar-refractivity contribution in [1.82, 2.24) is 14.5 Å². The second kappa shape index (κ2) is 9.59. The lowest BCUT2D eigenvalue weighted by atomic mass is 10.1. The maximum Gasteiger partial charge on any atom is 0.420 e. The van der Waals surface area contributed by atoms with Crippen LogP contribution in [0.5, 0.6) is 5.75 Å². The van der Waals surface area contributed by atoms with E-state index in [4.69, 9.17) is 4.74 Å². The van der Waals surface area contributed by atoms with Gasteiger partial charge < -0.3 is 4.74 Å². The van der Waals surface area contributed by atoms with Crippen LogP contribution in [0, 0.1) is 5.82 Å². The van der Waals surface area contributed by atoms with Crippen molar-refractivity contribution in [3.63, 3.8) is 0 Å². The maximum atomic E-state index is 14.0. The number of aromatic nitrogens is 2. The normalized spacial score (nSPS) is 15.8. The molecule has 16 heteroatoms. The molecule has 4 rings (SSSR count). The Kier molecular flexibility index (Phi) is 6.74. The Hall–Kier alpha value is -4.63. The zero-order valence-corrected chi connectivity index (χ0v) is 19.4. The average molecular weight is 560 g/mol. The predicted molar refractivity (Wildman–Crippen MR) is 118 cm³/mol. The quantitative estimate of drug-likeness (QED) is 0.384. The van der Waals surface area contributed by atoms with Gasteiger partial charge in [0.25, 0.3) is 0 Å².